The lowest BCUT2D eigenvalue weighted by atomic mass is 10.0. The number of esters is 2. The minimum absolute atomic E-state index is 0.255. The molecule has 25 heavy (non-hydrogen) atoms. The zero-order valence-electron chi connectivity index (χ0n) is 14.7. The third-order valence-electron chi connectivity index (χ3n) is 3.55. The summed E-state index contributed by atoms with van der Waals surface area (Å²) in [5.74, 6) is 0.00964. The first-order valence-corrected chi connectivity index (χ1v) is 8.22. The van der Waals surface area contributed by atoms with Gasteiger partial charge >= 0.3 is 11.9 Å². The molecule has 0 amide bonds. The first-order valence-electron chi connectivity index (χ1n) is 8.22. The first kappa shape index (κ1) is 18.5. The van der Waals surface area contributed by atoms with Crippen molar-refractivity contribution in [3.63, 3.8) is 0 Å². The number of benzene rings is 2. The summed E-state index contributed by atoms with van der Waals surface area (Å²) >= 11 is 0. The summed E-state index contributed by atoms with van der Waals surface area (Å²) in [5.41, 5.74) is 2.52. The van der Waals surface area contributed by atoms with Crippen LogP contribution in [0.15, 0.2) is 42.5 Å². The number of fused-ring (bicyclic) bond motifs is 2. The maximum absolute atomic E-state index is 11.8. The molecule has 2 bridgehead atoms. The van der Waals surface area contributed by atoms with Crippen LogP contribution in [-0.4, -0.2) is 25.2 Å². The van der Waals surface area contributed by atoms with Gasteiger partial charge < -0.3 is 14.2 Å². The van der Waals surface area contributed by atoms with Crippen LogP contribution >= 0.6 is 0 Å². The summed E-state index contributed by atoms with van der Waals surface area (Å²) < 4.78 is 15.0. The smallest absolute Gasteiger partial charge is 0.339 e. The second-order valence-corrected chi connectivity index (χ2v) is 5.37. The Morgan fingerprint density at radius 3 is 2.32 bits per heavy atom. The minimum Gasteiger partial charge on any atom is -0.489 e. The molecule has 5 heteroatoms. The van der Waals surface area contributed by atoms with Crippen LogP contribution in [0.3, 0.4) is 0 Å². The number of rotatable bonds is 4. The number of carbonyl (C=O) groups excluding carboxylic acids is 2. The van der Waals surface area contributed by atoms with Crippen molar-refractivity contribution < 1.29 is 23.8 Å². The Morgan fingerprint density at radius 2 is 1.68 bits per heavy atom. The Labute approximate surface area is 147 Å². The Hall–Kier alpha value is -2.82. The topological polar surface area (TPSA) is 61.8 Å². The Balaban J connectivity index is 0.000000230. The average Bonchev–Trinajstić information content (AvgIpc) is 2.93. The van der Waals surface area contributed by atoms with Gasteiger partial charge in [0.15, 0.2) is 0 Å². The van der Waals surface area contributed by atoms with E-state index in [4.69, 9.17) is 14.2 Å². The quantitative estimate of drug-likeness (QED) is 0.788. The molecule has 1 heterocycles. The summed E-state index contributed by atoms with van der Waals surface area (Å²) in [4.78, 5) is 23.5. The lowest BCUT2D eigenvalue weighted by Gasteiger charge is -2.10. The molecular formula is C20H22O5. The number of carbonyl (C=O) groups is 2. The predicted octanol–water partition coefficient (Wildman–Crippen LogP) is 3.93. The Morgan fingerprint density at radius 1 is 1.00 bits per heavy atom. The number of ether oxygens (including phenoxy) is 3. The van der Waals surface area contributed by atoms with E-state index >= 15 is 0 Å². The van der Waals surface area contributed by atoms with Crippen molar-refractivity contribution in [1.29, 1.82) is 0 Å². The van der Waals surface area contributed by atoms with Crippen LogP contribution in [-0.2, 0) is 16.1 Å². The molecule has 1 aliphatic heterocycles. The van der Waals surface area contributed by atoms with Crippen LogP contribution in [0.5, 0.6) is 5.75 Å². The normalized spacial score (nSPS) is 11.0. The molecule has 0 atom stereocenters. The van der Waals surface area contributed by atoms with Crippen LogP contribution in [0.1, 0.15) is 45.7 Å². The molecular weight excluding hydrogens is 320 g/mol. The fourth-order valence-corrected chi connectivity index (χ4v) is 2.41. The monoisotopic (exact) mass is 342 g/mol. The molecule has 0 N–H and O–H groups in total. The zero-order valence-corrected chi connectivity index (χ0v) is 14.7. The van der Waals surface area contributed by atoms with Gasteiger partial charge in [-0.25, -0.2) is 9.59 Å². The van der Waals surface area contributed by atoms with E-state index in [0.717, 1.165) is 12.4 Å². The fraction of sp³-hybridized carbons (Fsp3) is 0.300. The van der Waals surface area contributed by atoms with E-state index in [0.29, 0.717) is 5.56 Å². The largest absolute Gasteiger partial charge is 0.489 e. The highest BCUT2D eigenvalue weighted by atomic mass is 16.5. The molecule has 0 aliphatic carbocycles. The van der Waals surface area contributed by atoms with Gasteiger partial charge in [0.05, 0.1) is 24.3 Å². The van der Waals surface area contributed by atoms with Crippen molar-refractivity contribution in [3.8, 4) is 5.75 Å². The van der Waals surface area contributed by atoms with Gasteiger partial charge in [-0.2, -0.15) is 0 Å². The number of hydrogen-bond acceptors (Lipinski definition) is 5. The molecule has 2 aromatic rings. The van der Waals surface area contributed by atoms with Crippen molar-refractivity contribution in [1.82, 2.24) is 0 Å². The van der Waals surface area contributed by atoms with Gasteiger partial charge in [0.25, 0.3) is 0 Å². The highest BCUT2D eigenvalue weighted by molar-refractivity contribution is 6.04. The molecule has 0 radical (unpaired) electrons. The fourth-order valence-electron chi connectivity index (χ4n) is 2.41. The number of aryl methyl sites for hydroxylation is 1. The zero-order chi connectivity index (χ0) is 18.2. The van der Waals surface area contributed by atoms with Crippen LogP contribution in [0.25, 0.3) is 0 Å². The number of hydrogen-bond donors (Lipinski definition) is 0. The van der Waals surface area contributed by atoms with Gasteiger partial charge in [0.1, 0.15) is 12.4 Å². The molecule has 0 fully saturated rings. The third-order valence-corrected chi connectivity index (χ3v) is 3.55. The Kier molecular flexibility index (Phi) is 6.57. The van der Waals surface area contributed by atoms with Crippen LogP contribution in [0.4, 0.5) is 0 Å². The predicted molar refractivity (Wildman–Crippen MR) is 93.9 cm³/mol. The van der Waals surface area contributed by atoms with Gasteiger partial charge in [-0.1, -0.05) is 24.3 Å². The minimum atomic E-state index is -0.501. The molecule has 132 valence electrons. The summed E-state index contributed by atoms with van der Waals surface area (Å²) in [6.45, 7) is 6.51. The van der Waals surface area contributed by atoms with Crippen molar-refractivity contribution in [2.45, 2.75) is 27.4 Å². The van der Waals surface area contributed by atoms with Gasteiger partial charge in [-0.05, 0) is 50.1 Å². The van der Waals surface area contributed by atoms with E-state index in [1.54, 1.807) is 39.0 Å². The summed E-state index contributed by atoms with van der Waals surface area (Å²) in [7, 11) is 0. The molecule has 0 spiro atoms. The van der Waals surface area contributed by atoms with Gasteiger partial charge in [-0.15, -0.1) is 0 Å². The first-order chi connectivity index (χ1) is 12.1. The van der Waals surface area contributed by atoms with Crippen molar-refractivity contribution >= 4 is 11.9 Å². The summed E-state index contributed by atoms with van der Waals surface area (Å²) in [5, 5.41) is 0. The van der Waals surface area contributed by atoms with Crippen LogP contribution < -0.4 is 4.74 Å². The molecule has 0 saturated heterocycles. The van der Waals surface area contributed by atoms with E-state index in [2.05, 4.69) is 12.1 Å². The highest BCUT2D eigenvalue weighted by Crippen LogP contribution is 2.20. The van der Waals surface area contributed by atoms with Crippen molar-refractivity contribution in [2.75, 3.05) is 13.2 Å². The van der Waals surface area contributed by atoms with Gasteiger partial charge in [0.2, 0.25) is 0 Å². The van der Waals surface area contributed by atoms with Crippen LogP contribution in [0, 0.1) is 6.92 Å². The molecule has 2 aromatic carbocycles. The molecule has 1 aliphatic rings. The third kappa shape index (κ3) is 4.83. The molecule has 0 saturated carbocycles. The van der Waals surface area contributed by atoms with E-state index < -0.39 is 11.9 Å². The summed E-state index contributed by atoms with van der Waals surface area (Å²) in [6.07, 6.45) is 0. The van der Waals surface area contributed by atoms with Gasteiger partial charge in [0, 0.05) is 0 Å². The average molecular weight is 342 g/mol. The summed E-state index contributed by atoms with van der Waals surface area (Å²) in [6, 6.07) is 13.1. The lowest BCUT2D eigenvalue weighted by molar-refractivity contribution is 0.0478. The maximum Gasteiger partial charge on any atom is 0.339 e. The molecule has 3 rings (SSSR count). The van der Waals surface area contributed by atoms with Gasteiger partial charge in [-0.3, -0.25) is 0 Å². The van der Waals surface area contributed by atoms with E-state index in [9.17, 15) is 9.59 Å². The second kappa shape index (κ2) is 8.87. The van der Waals surface area contributed by atoms with Crippen LogP contribution in [0.2, 0.25) is 0 Å². The maximum atomic E-state index is 11.8. The standard InChI is InChI=1S/C13H16O4.C7H6O/c1-4-16-12(14)10-8-6-7-9(3)11(10)13(15)17-5-2;1-2-6-4-7(3-1)8-5-6/h6-8H,4-5H2,1-3H3;1-4H,5H2. The van der Waals surface area contributed by atoms with Crippen molar-refractivity contribution in [3.05, 3.63) is 64.7 Å². The lowest BCUT2D eigenvalue weighted by Crippen LogP contribution is -2.15. The second-order valence-electron chi connectivity index (χ2n) is 5.37. The SMILES string of the molecule is CCOC(=O)c1cccc(C)c1C(=O)OCC.c1cc2cc(c1)OC2. The molecule has 5 nitrogen and oxygen atoms in total. The highest BCUT2D eigenvalue weighted by Gasteiger charge is 2.20. The Bertz CT molecular complexity index is 732. The molecule has 0 aromatic heterocycles. The van der Waals surface area contributed by atoms with E-state index in [1.165, 1.54) is 5.56 Å². The van der Waals surface area contributed by atoms with E-state index in [1.807, 2.05) is 12.1 Å². The van der Waals surface area contributed by atoms with E-state index in [-0.39, 0.29) is 24.3 Å². The van der Waals surface area contributed by atoms with Crippen molar-refractivity contribution in [2.24, 2.45) is 0 Å². The molecule has 0 unspecified atom stereocenters.